The van der Waals surface area contributed by atoms with Crippen LogP contribution in [0.3, 0.4) is 0 Å². The molecule has 0 saturated heterocycles. The minimum atomic E-state index is -0.602. The van der Waals surface area contributed by atoms with Crippen molar-refractivity contribution in [1.82, 2.24) is 0 Å². The number of fused-ring (bicyclic) bond motifs is 2. The number of hydrogen-bond donors (Lipinski definition) is 6. The fourth-order valence-electron chi connectivity index (χ4n) is 4.16. The van der Waals surface area contributed by atoms with Crippen molar-refractivity contribution in [3.8, 4) is 56.9 Å². The Morgan fingerprint density at radius 2 is 1.32 bits per heavy atom. The van der Waals surface area contributed by atoms with E-state index in [1.807, 2.05) is 0 Å². The first-order valence-electron chi connectivity index (χ1n) is 11.7. The largest absolute Gasteiger partial charge is 0.508 e. The van der Waals surface area contributed by atoms with E-state index >= 15 is 0 Å². The van der Waals surface area contributed by atoms with Gasteiger partial charge in [0, 0.05) is 17.7 Å². The summed E-state index contributed by atoms with van der Waals surface area (Å²) in [5, 5.41) is 57.9. The van der Waals surface area contributed by atoms with E-state index in [-0.39, 0.29) is 61.6 Å². The molecular formula is C30H20O10. The molecule has 10 heteroatoms. The highest BCUT2D eigenvalue weighted by Crippen LogP contribution is 2.39. The molecule has 6 aromatic rings. The number of benzene rings is 4. The Morgan fingerprint density at radius 1 is 0.600 bits per heavy atom. The van der Waals surface area contributed by atoms with Gasteiger partial charge in [0.15, 0.2) is 11.5 Å². The monoisotopic (exact) mass is 540 g/mol. The molecule has 0 bridgehead atoms. The average molecular weight is 540 g/mol. The van der Waals surface area contributed by atoms with Crippen molar-refractivity contribution in [2.24, 2.45) is 0 Å². The number of phenolic OH excluding ortho intramolecular Hbond substituents is 5. The fourth-order valence-corrected chi connectivity index (χ4v) is 4.16. The zero-order valence-corrected chi connectivity index (χ0v) is 20.4. The first kappa shape index (κ1) is 25.7. The van der Waals surface area contributed by atoms with E-state index in [0.717, 1.165) is 6.07 Å². The third-order valence-electron chi connectivity index (χ3n) is 6.08. The smallest absolute Gasteiger partial charge is 0.294 e. The molecule has 0 saturated carbocycles. The summed E-state index contributed by atoms with van der Waals surface area (Å²) in [6.45, 7) is 0. The van der Waals surface area contributed by atoms with Crippen LogP contribution in [0.15, 0.2) is 104 Å². The molecule has 40 heavy (non-hydrogen) atoms. The van der Waals surface area contributed by atoms with E-state index < -0.39 is 22.6 Å². The summed E-state index contributed by atoms with van der Waals surface area (Å²) in [5.41, 5.74) is 0.122. The van der Waals surface area contributed by atoms with Gasteiger partial charge in [-0.15, -0.1) is 0 Å². The zero-order chi connectivity index (χ0) is 28.6. The summed E-state index contributed by atoms with van der Waals surface area (Å²) < 4.78 is 10.5. The second-order valence-corrected chi connectivity index (χ2v) is 8.64. The molecule has 0 spiro atoms. The maximum absolute atomic E-state index is 12.4. The molecule has 2 aromatic heterocycles. The summed E-state index contributed by atoms with van der Waals surface area (Å²) in [4.78, 5) is 24.8. The quantitative estimate of drug-likeness (QED) is 0.161. The summed E-state index contributed by atoms with van der Waals surface area (Å²) in [6.07, 6.45) is 1.26. The van der Waals surface area contributed by atoms with Gasteiger partial charge in [-0.25, -0.2) is 0 Å². The van der Waals surface area contributed by atoms with Gasteiger partial charge in [0.1, 0.15) is 45.6 Å². The van der Waals surface area contributed by atoms with E-state index in [1.54, 1.807) is 36.4 Å². The Morgan fingerprint density at radius 3 is 2.08 bits per heavy atom. The van der Waals surface area contributed by atoms with Gasteiger partial charge in [0.25, 0.3) is 5.95 Å². The number of hydrogen-bond acceptors (Lipinski definition) is 10. The number of rotatable bonds is 2. The Labute approximate surface area is 224 Å². The molecule has 0 radical (unpaired) electrons. The zero-order valence-electron chi connectivity index (χ0n) is 20.4. The molecule has 4 aromatic carbocycles. The van der Waals surface area contributed by atoms with Crippen molar-refractivity contribution in [3.05, 3.63) is 106 Å². The number of phenols is 5. The summed E-state index contributed by atoms with van der Waals surface area (Å²) in [7, 11) is 0. The number of para-hydroxylation sites is 2. The first-order valence-corrected chi connectivity index (χ1v) is 11.7. The highest BCUT2D eigenvalue weighted by atomic mass is 16.5. The van der Waals surface area contributed by atoms with E-state index in [2.05, 4.69) is 0 Å². The van der Waals surface area contributed by atoms with Gasteiger partial charge in [0.05, 0.1) is 10.9 Å². The van der Waals surface area contributed by atoms with E-state index in [0.29, 0.717) is 5.56 Å². The lowest BCUT2D eigenvalue weighted by atomic mass is 10.0. The maximum Gasteiger partial charge on any atom is 0.294 e. The molecule has 0 amide bonds. The molecule has 200 valence electrons. The lowest BCUT2D eigenvalue weighted by molar-refractivity contribution is 0.341. The first-order chi connectivity index (χ1) is 19.2. The third kappa shape index (κ3) is 4.61. The highest BCUT2D eigenvalue weighted by Gasteiger charge is 2.20. The molecule has 2 heterocycles. The van der Waals surface area contributed by atoms with Crippen LogP contribution in [0.1, 0.15) is 0 Å². The number of aromatic hydroxyl groups is 6. The molecule has 6 rings (SSSR count). The van der Waals surface area contributed by atoms with Crippen molar-refractivity contribution in [3.63, 3.8) is 0 Å². The van der Waals surface area contributed by atoms with E-state index in [9.17, 15) is 40.2 Å². The minimum absolute atomic E-state index is 0.00775. The molecule has 0 aliphatic heterocycles. The summed E-state index contributed by atoms with van der Waals surface area (Å²) in [6, 6.07) is 19.0. The van der Waals surface area contributed by atoms with Crippen LogP contribution in [0.5, 0.6) is 34.7 Å². The van der Waals surface area contributed by atoms with Crippen LogP contribution in [0, 0.1) is 0 Å². The molecule has 0 aliphatic rings. The van der Waals surface area contributed by atoms with Crippen LogP contribution in [0.25, 0.3) is 44.2 Å². The van der Waals surface area contributed by atoms with Crippen LogP contribution in [-0.4, -0.2) is 30.6 Å². The SMILES string of the molecule is O=c1c(-c2ccc(O)cc2)coc2cc(O)cc(O)c12.O=c1c(-c2cccc(O)c2O)c(O)oc2ccccc12. The molecule has 0 fully saturated rings. The van der Waals surface area contributed by atoms with E-state index in [1.165, 1.54) is 42.7 Å². The van der Waals surface area contributed by atoms with Gasteiger partial charge in [0.2, 0.25) is 10.9 Å². The standard InChI is InChI=1S/2C15H10O5/c16-9-3-1-8(2-4-9)11-7-20-13-6-10(17)5-12(18)14(13)15(11)19;16-10-6-3-5-9(13(10)17)12-14(18)8-4-1-2-7-11(8)20-15(12)19/h1-7,16-18H;1-7,16-17,19H. The Bertz CT molecular complexity index is 2000. The van der Waals surface area contributed by atoms with Crippen LogP contribution in [0.2, 0.25) is 0 Å². The van der Waals surface area contributed by atoms with Gasteiger partial charge in [-0.05, 0) is 42.0 Å². The second kappa shape index (κ2) is 10.1. The van der Waals surface area contributed by atoms with Crippen LogP contribution < -0.4 is 10.9 Å². The Hall–Kier alpha value is -5.90. The van der Waals surface area contributed by atoms with Gasteiger partial charge in [-0.3, -0.25) is 9.59 Å². The van der Waals surface area contributed by atoms with Gasteiger partial charge < -0.3 is 39.5 Å². The van der Waals surface area contributed by atoms with Gasteiger partial charge >= 0.3 is 0 Å². The average Bonchev–Trinajstić information content (AvgIpc) is 2.92. The second-order valence-electron chi connectivity index (χ2n) is 8.64. The molecule has 6 N–H and O–H groups in total. The molecule has 0 aliphatic carbocycles. The molecular weight excluding hydrogens is 520 g/mol. The third-order valence-corrected chi connectivity index (χ3v) is 6.08. The summed E-state index contributed by atoms with van der Waals surface area (Å²) >= 11 is 0. The predicted molar refractivity (Wildman–Crippen MR) is 146 cm³/mol. The summed E-state index contributed by atoms with van der Waals surface area (Å²) in [5.74, 6) is -1.90. The molecule has 0 unspecified atom stereocenters. The van der Waals surface area contributed by atoms with Crippen molar-refractivity contribution < 1.29 is 39.5 Å². The van der Waals surface area contributed by atoms with Crippen LogP contribution in [0.4, 0.5) is 0 Å². The topological polar surface area (TPSA) is 182 Å². The maximum atomic E-state index is 12.4. The lowest BCUT2D eigenvalue weighted by Gasteiger charge is -2.08. The Kier molecular flexibility index (Phi) is 6.50. The van der Waals surface area contributed by atoms with E-state index in [4.69, 9.17) is 8.83 Å². The van der Waals surface area contributed by atoms with Crippen LogP contribution >= 0.6 is 0 Å². The van der Waals surface area contributed by atoms with Crippen molar-refractivity contribution >= 4 is 21.9 Å². The highest BCUT2D eigenvalue weighted by molar-refractivity contribution is 5.88. The molecule has 0 atom stereocenters. The Balaban J connectivity index is 0.000000161. The fraction of sp³-hybridized carbons (Fsp3) is 0. The predicted octanol–water partition coefficient (Wildman–Crippen LogP) is 5.15. The van der Waals surface area contributed by atoms with Crippen molar-refractivity contribution in [1.29, 1.82) is 0 Å². The minimum Gasteiger partial charge on any atom is -0.508 e. The van der Waals surface area contributed by atoms with Crippen molar-refractivity contribution in [2.45, 2.75) is 0 Å². The lowest BCUT2D eigenvalue weighted by Crippen LogP contribution is -2.05. The van der Waals surface area contributed by atoms with Crippen molar-refractivity contribution in [2.75, 3.05) is 0 Å². The van der Waals surface area contributed by atoms with Crippen LogP contribution in [-0.2, 0) is 0 Å². The van der Waals surface area contributed by atoms with Gasteiger partial charge in [-0.1, -0.05) is 30.3 Å². The van der Waals surface area contributed by atoms with Gasteiger partial charge in [-0.2, -0.15) is 0 Å². The normalized spacial score (nSPS) is 10.8. The molecule has 10 nitrogen and oxygen atoms in total.